The summed E-state index contributed by atoms with van der Waals surface area (Å²) in [5.74, 6) is 0.950. The largest absolute Gasteiger partial charge is 0.457 e. The summed E-state index contributed by atoms with van der Waals surface area (Å²) in [6, 6.07) is 23.8. The normalized spacial score (nSPS) is 9.96. The van der Waals surface area contributed by atoms with Gasteiger partial charge in [0.2, 0.25) is 0 Å². The molecule has 0 radical (unpaired) electrons. The van der Waals surface area contributed by atoms with Gasteiger partial charge in [0.1, 0.15) is 11.5 Å². The first-order valence-corrected chi connectivity index (χ1v) is 9.26. The van der Waals surface area contributed by atoms with Crippen LogP contribution in [-0.4, -0.2) is 11.0 Å². The Bertz CT molecular complexity index is 933. The van der Waals surface area contributed by atoms with E-state index in [2.05, 4.69) is 32.1 Å². The molecule has 0 aliphatic carbocycles. The molecule has 0 unspecified atom stereocenters. The molecule has 0 aliphatic rings. The third kappa shape index (κ3) is 5.80. The van der Waals surface area contributed by atoms with Gasteiger partial charge >= 0.3 is 0 Å². The van der Waals surface area contributed by atoms with Crippen LogP contribution in [0.25, 0.3) is 0 Å². The van der Waals surface area contributed by atoms with Gasteiger partial charge in [0, 0.05) is 15.7 Å². The minimum atomic E-state index is -0.325. The third-order valence-electron chi connectivity index (χ3n) is 3.47. The summed E-state index contributed by atoms with van der Waals surface area (Å²) in [5.41, 5.74) is 6.50. The second-order valence-electron chi connectivity index (χ2n) is 5.48. The Balaban J connectivity index is 1.55. The number of carbonyl (C=O) groups excluding carboxylic acids is 1. The maximum atomic E-state index is 12.3. The second kappa shape index (κ2) is 9.16. The van der Waals surface area contributed by atoms with Crippen LogP contribution in [0.3, 0.4) is 0 Å². The molecule has 0 aromatic heterocycles. The predicted octanol–water partition coefficient (Wildman–Crippen LogP) is 4.87. The molecule has 0 aliphatic heterocycles. The van der Waals surface area contributed by atoms with Crippen molar-refractivity contribution in [1.82, 2.24) is 10.9 Å². The average molecular weight is 442 g/mol. The molecular formula is C20H16BrN3O2S. The first kappa shape index (κ1) is 18.9. The summed E-state index contributed by atoms with van der Waals surface area (Å²) in [7, 11) is 0. The zero-order valence-electron chi connectivity index (χ0n) is 14.1. The zero-order chi connectivity index (χ0) is 19.1. The lowest BCUT2D eigenvalue weighted by Gasteiger charge is -2.12. The molecule has 27 heavy (non-hydrogen) atoms. The molecule has 5 nitrogen and oxygen atoms in total. The van der Waals surface area contributed by atoms with Crippen molar-refractivity contribution in [3.8, 4) is 11.5 Å². The topological polar surface area (TPSA) is 62.4 Å². The summed E-state index contributed by atoms with van der Waals surface area (Å²) >= 11 is 8.55. The molecule has 0 bridgehead atoms. The number of nitrogens with one attached hydrogen (secondary N) is 3. The van der Waals surface area contributed by atoms with E-state index in [4.69, 9.17) is 17.0 Å². The second-order valence-corrected chi connectivity index (χ2v) is 6.81. The van der Waals surface area contributed by atoms with E-state index in [0.29, 0.717) is 17.1 Å². The summed E-state index contributed by atoms with van der Waals surface area (Å²) in [6.45, 7) is 0. The first-order valence-electron chi connectivity index (χ1n) is 8.06. The molecule has 0 saturated heterocycles. The monoisotopic (exact) mass is 441 g/mol. The number of benzene rings is 3. The molecule has 0 spiro atoms. The average Bonchev–Trinajstić information content (AvgIpc) is 2.69. The molecule has 3 N–H and O–H groups in total. The minimum absolute atomic E-state index is 0.280. The molecule has 0 atom stereocenters. The van der Waals surface area contributed by atoms with E-state index in [-0.39, 0.29) is 11.0 Å². The maximum Gasteiger partial charge on any atom is 0.269 e. The Morgan fingerprint density at radius 1 is 0.852 bits per heavy atom. The van der Waals surface area contributed by atoms with Crippen molar-refractivity contribution >= 4 is 44.9 Å². The summed E-state index contributed by atoms with van der Waals surface area (Å²) < 4.78 is 6.71. The highest BCUT2D eigenvalue weighted by atomic mass is 79.9. The fourth-order valence-electron chi connectivity index (χ4n) is 2.21. The van der Waals surface area contributed by atoms with Crippen LogP contribution in [0.2, 0.25) is 0 Å². The van der Waals surface area contributed by atoms with Crippen LogP contribution >= 0.6 is 28.1 Å². The standard InChI is InChI=1S/C20H16BrN3O2S/c21-15-9-11-16(12-10-15)22-20(27)24-23-19(25)14-5-4-8-18(13-14)26-17-6-2-1-3-7-17/h1-13H,(H,23,25)(H2,22,24,27). The molecule has 0 fully saturated rings. The Hall–Kier alpha value is -2.90. The number of ether oxygens (including phenoxy) is 1. The molecular weight excluding hydrogens is 426 g/mol. The quantitative estimate of drug-likeness (QED) is 0.398. The number of para-hydroxylation sites is 1. The van der Waals surface area contributed by atoms with Crippen molar-refractivity contribution in [3.63, 3.8) is 0 Å². The van der Waals surface area contributed by atoms with Crippen LogP contribution in [0, 0.1) is 0 Å². The number of hydrazine groups is 1. The lowest BCUT2D eigenvalue weighted by Crippen LogP contribution is -2.43. The van der Waals surface area contributed by atoms with Gasteiger partial charge in [-0.25, -0.2) is 0 Å². The van der Waals surface area contributed by atoms with E-state index in [1.807, 2.05) is 54.6 Å². The number of amides is 1. The number of hydrogen-bond donors (Lipinski definition) is 3. The molecule has 3 aromatic rings. The Kier molecular flexibility index (Phi) is 6.40. The van der Waals surface area contributed by atoms with E-state index in [1.165, 1.54) is 0 Å². The molecule has 1 amide bonds. The number of rotatable bonds is 4. The highest BCUT2D eigenvalue weighted by Crippen LogP contribution is 2.21. The van der Waals surface area contributed by atoms with Crippen LogP contribution in [0.4, 0.5) is 5.69 Å². The smallest absolute Gasteiger partial charge is 0.269 e. The van der Waals surface area contributed by atoms with E-state index in [1.54, 1.807) is 24.3 Å². The molecule has 136 valence electrons. The van der Waals surface area contributed by atoms with Gasteiger partial charge < -0.3 is 10.1 Å². The van der Waals surface area contributed by atoms with Crippen LogP contribution < -0.4 is 20.9 Å². The van der Waals surface area contributed by atoms with Gasteiger partial charge in [-0.3, -0.25) is 15.6 Å². The summed E-state index contributed by atoms with van der Waals surface area (Å²) in [5, 5.41) is 3.26. The number of hydrogen-bond acceptors (Lipinski definition) is 3. The van der Waals surface area contributed by atoms with Crippen LogP contribution in [0.5, 0.6) is 11.5 Å². The van der Waals surface area contributed by atoms with Gasteiger partial charge in [-0.1, -0.05) is 40.2 Å². The van der Waals surface area contributed by atoms with E-state index in [9.17, 15) is 4.79 Å². The Labute approximate surface area is 170 Å². The van der Waals surface area contributed by atoms with Crippen molar-refractivity contribution < 1.29 is 9.53 Å². The molecule has 3 aromatic carbocycles. The maximum absolute atomic E-state index is 12.3. The highest BCUT2D eigenvalue weighted by molar-refractivity contribution is 9.10. The number of anilines is 1. The van der Waals surface area contributed by atoms with Crippen molar-refractivity contribution in [2.24, 2.45) is 0 Å². The van der Waals surface area contributed by atoms with Crippen molar-refractivity contribution in [2.45, 2.75) is 0 Å². The Morgan fingerprint density at radius 2 is 1.56 bits per heavy atom. The predicted molar refractivity (Wildman–Crippen MR) is 114 cm³/mol. The van der Waals surface area contributed by atoms with E-state index < -0.39 is 0 Å². The van der Waals surface area contributed by atoms with E-state index >= 15 is 0 Å². The lowest BCUT2D eigenvalue weighted by atomic mass is 10.2. The van der Waals surface area contributed by atoms with Crippen molar-refractivity contribution in [3.05, 3.63) is 88.9 Å². The fraction of sp³-hybridized carbons (Fsp3) is 0. The van der Waals surface area contributed by atoms with Gasteiger partial charge in [0.15, 0.2) is 5.11 Å². The first-order chi connectivity index (χ1) is 13.1. The lowest BCUT2D eigenvalue weighted by molar-refractivity contribution is 0.0944. The van der Waals surface area contributed by atoms with Gasteiger partial charge in [-0.05, 0) is 66.8 Å². The molecule has 0 saturated carbocycles. The van der Waals surface area contributed by atoms with Gasteiger partial charge in [0.25, 0.3) is 5.91 Å². The summed E-state index contributed by atoms with van der Waals surface area (Å²) in [4.78, 5) is 12.3. The van der Waals surface area contributed by atoms with Gasteiger partial charge in [0.05, 0.1) is 0 Å². The summed E-state index contributed by atoms with van der Waals surface area (Å²) in [6.07, 6.45) is 0. The molecule has 3 rings (SSSR count). The van der Waals surface area contributed by atoms with E-state index in [0.717, 1.165) is 10.2 Å². The Morgan fingerprint density at radius 3 is 2.30 bits per heavy atom. The van der Waals surface area contributed by atoms with Crippen LogP contribution in [0.15, 0.2) is 83.3 Å². The third-order valence-corrected chi connectivity index (χ3v) is 4.20. The number of halogens is 1. The number of thiocarbonyl (C=S) groups is 1. The molecule has 0 heterocycles. The van der Waals surface area contributed by atoms with Crippen LogP contribution in [0.1, 0.15) is 10.4 Å². The van der Waals surface area contributed by atoms with Crippen molar-refractivity contribution in [1.29, 1.82) is 0 Å². The zero-order valence-corrected chi connectivity index (χ0v) is 16.5. The molecule has 7 heteroatoms. The number of carbonyl (C=O) groups is 1. The van der Waals surface area contributed by atoms with Gasteiger partial charge in [-0.15, -0.1) is 0 Å². The minimum Gasteiger partial charge on any atom is -0.457 e. The van der Waals surface area contributed by atoms with Gasteiger partial charge in [-0.2, -0.15) is 0 Å². The highest BCUT2D eigenvalue weighted by Gasteiger charge is 2.08. The van der Waals surface area contributed by atoms with Crippen molar-refractivity contribution in [2.75, 3.05) is 5.32 Å². The SMILES string of the molecule is O=C(NNC(=S)Nc1ccc(Br)cc1)c1cccc(Oc2ccccc2)c1. The van der Waals surface area contributed by atoms with Crippen LogP contribution in [-0.2, 0) is 0 Å². The fourth-order valence-corrected chi connectivity index (χ4v) is 2.64.